The lowest BCUT2D eigenvalue weighted by Gasteiger charge is -2.24. The van der Waals surface area contributed by atoms with Gasteiger partial charge in [-0.15, -0.1) is 0 Å². The number of carbonyl (C=O) groups excluding carboxylic acids is 1. The first-order valence-electron chi connectivity index (χ1n) is 6.88. The molecule has 1 amide bonds. The van der Waals surface area contributed by atoms with E-state index in [1.807, 2.05) is 0 Å². The molecule has 0 bridgehead atoms. The number of hydrogen-bond acceptors (Lipinski definition) is 3. The molecule has 0 unspecified atom stereocenters. The molecule has 1 aromatic heterocycles. The molecule has 1 aromatic rings. The van der Waals surface area contributed by atoms with Gasteiger partial charge in [0.2, 0.25) is 0 Å². The number of pyridine rings is 1. The summed E-state index contributed by atoms with van der Waals surface area (Å²) in [6.07, 6.45) is 6.17. The number of carbonyl (C=O) groups is 1. The highest BCUT2D eigenvalue weighted by Gasteiger charge is 2.20. The van der Waals surface area contributed by atoms with E-state index in [0.29, 0.717) is 6.54 Å². The Labute approximate surface area is 115 Å². The monoisotopic (exact) mass is 264 g/mol. The molecule has 2 N–H and O–H groups in total. The summed E-state index contributed by atoms with van der Waals surface area (Å²) in [5.74, 6) is -0.398. The van der Waals surface area contributed by atoms with Crippen LogP contribution in [-0.4, -0.2) is 22.5 Å². The van der Waals surface area contributed by atoms with Crippen LogP contribution in [0.3, 0.4) is 0 Å². The maximum absolute atomic E-state index is 11.9. The van der Waals surface area contributed by atoms with E-state index in [9.17, 15) is 9.90 Å². The van der Waals surface area contributed by atoms with Crippen molar-refractivity contribution < 1.29 is 9.90 Å². The van der Waals surface area contributed by atoms with Crippen LogP contribution in [0.2, 0.25) is 0 Å². The molecule has 4 nitrogen and oxygen atoms in total. The van der Waals surface area contributed by atoms with Crippen molar-refractivity contribution in [1.29, 1.82) is 0 Å². The van der Waals surface area contributed by atoms with E-state index >= 15 is 0 Å². The van der Waals surface area contributed by atoms with Crippen molar-refractivity contribution in [2.45, 2.75) is 46.5 Å². The van der Waals surface area contributed by atoms with Crippen LogP contribution in [0, 0.1) is 5.41 Å². The smallest absolute Gasteiger partial charge is 0.273 e. The number of amides is 1. The summed E-state index contributed by atoms with van der Waals surface area (Å²) in [7, 11) is 0. The zero-order valence-electron chi connectivity index (χ0n) is 12.1. The van der Waals surface area contributed by atoms with Gasteiger partial charge in [-0.3, -0.25) is 4.79 Å². The van der Waals surface area contributed by atoms with Gasteiger partial charge >= 0.3 is 0 Å². The highest BCUT2D eigenvalue weighted by Crippen LogP contribution is 2.23. The van der Waals surface area contributed by atoms with Crippen LogP contribution in [0.1, 0.15) is 56.9 Å². The average Bonchev–Trinajstić information content (AvgIpc) is 2.37. The van der Waals surface area contributed by atoms with Crippen LogP contribution >= 0.6 is 0 Å². The minimum Gasteiger partial charge on any atom is -0.505 e. The molecule has 0 aliphatic rings. The molecule has 106 valence electrons. The fourth-order valence-corrected chi connectivity index (χ4v) is 1.92. The van der Waals surface area contributed by atoms with Gasteiger partial charge in [-0.1, -0.05) is 40.0 Å². The first-order valence-corrected chi connectivity index (χ1v) is 6.88. The second-order valence-electron chi connectivity index (χ2n) is 5.68. The second-order valence-corrected chi connectivity index (χ2v) is 5.68. The van der Waals surface area contributed by atoms with Gasteiger partial charge in [0.15, 0.2) is 5.69 Å². The first-order chi connectivity index (χ1) is 8.96. The minimum atomic E-state index is -0.318. The largest absolute Gasteiger partial charge is 0.505 e. The summed E-state index contributed by atoms with van der Waals surface area (Å²) in [4.78, 5) is 15.8. The third-order valence-corrected chi connectivity index (χ3v) is 3.19. The number of hydrogen-bond donors (Lipinski definition) is 2. The lowest BCUT2D eigenvalue weighted by molar-refractivity contribution is 0.0926. The van der Waals surface area contributed by atoms with Crippen LogP contribution in [-0.2, 0) is 0 Å². The molecule has 1 rings (SSSR count). The number of unbranched alkanes of at least 4 members (excludes halogenated alkanes) is 2. The van der Waals surface area contributed by atoms with E-state index in [-0.39, 0.29) is 22.8 Å². The molecule has 19 heavy (non-hydrogen) atoms. The molecule has 0 atom stereocenters. The molecule has 0 aromatic carbocycles. The summed E-state index contributed by atoms with van der Waals surface area (Å²) in [6, 6.07) is 3.06. The molecule has 4 heteroatoms. The summed E-state index contributed by atoms with van der Waals surface area (Å²) in [5.41, 5.74) is 0.154. The predicted molar refractivity (Wildman–Crippen MR) is 76.2 cm³/mol. The van der Waals surface area contributed by atoms with Gasteiger partial charge in [0, 0.05) is 12.7 Å². The molecule has 0 radical (unpaired) electrons. The fraction of sp³-hybridized carbons (Fsp3) is 0.600. The van der Waals surface area contributed by atoms with Crippen molar-refractivity contribution in [2.75, 3.05) is 6.54 Å². The van der Waals surface area contributed by atoms with E-state index in [0.717, 1.165) is 6.42 Å². The van der Waals surface area contributed by atoms with Gasteiger partial charge in [-0.25, -0.2) is 4.98 Å². The van der Waals surface area contributed by atoms with Crippen LogP contribution < -0.4 is 5.32 Å². The van der Waals surface area contributed by atoms with E-state index < -0.39 is 0 Å². The number of aromatic nitrogens is 1. The van der Waals surface area contributed by atoms with Crippen LogP contribution in [0.25, 0.3) is 0 Å². The maximum Gasteiger partial charge on any atom is 0.273 e. The van der Waals surface area contributed by atoms with E-state index in [1.165, 1.54) is 31.5 Å². The lowest BCUT2D eigenvalue weighted by atomic mass is 9.87. The van der Waals surface area contributed by atoms with Gasteiger partial charge in [-0.2, -0.15) is 0 Å². The first kappa shape index (κ1) is 15.5. The van der Waals surface area contributed by atoms with Crippen LogP contribution in [0.15, 0.2) is 18.3 Å². The minimum absolute atomic E-state index is 0.0647. The third-order valence-electron chi connectivity index (χ3n) is 3.19. The summed E-state index contributed by atoms with van der Waals surface area (Å²) in [6.45, 7) is 7.05. The zero-order valence-corrected chi connectivity index (χ0v) is 12.1. The normalized spacial score (nSPS) is 11.3. The standard InChI is InChI=1S/C15H24N2O2/c1-4-5-6-9-15(2,3)11-17-14(19)13-12(18)8-7-10-16-13/h7-8,10,18H,4-6,9,11H2,1-3H3,(H,17,19). The van der Waals surface area contributed by atoms with E-state index in [1.54, 1.807) is 6.07 Å². The summed E-state index contributed by atoms with van der Waals surface area (Å²) >= 11 is 0. The van der Waals surface area contributed by atoms with Crippen molar-refractivity contribution >= 4 is 5.91 Å². The molecular formula is C15H24N2O2. The number of nitrogens with one attached hydrogen (secondary N) is 1. The highest BCUT2D eigenvalue weighted by atomic mass is 16.3. The van der Waals surface area contributed by atoms with Crippen molar-refractivity contribution in [2.24, 2.45) is 5.41 Å². The van der Waals surface area contributed by atoms with Crippen LogP contribution in [0.4, 0.5) is 0 Å². The lowest BCUT2D eigenvalue weighted by Crippen LogP contribution is -2.34. The summed E-state index contributed by atoms with van der Waals surface area (Å²) in [5, 5.41) is 12.4. The van der Waals surface area contributed by atoms with Gasteiger partial charge < -0.3 is 10.4 Å². The van der Waals surface area contributed by atoms with E-state index in [4.69, 9.17) is 0 Å². The zero-order chi connectivity index (χ0) is 14.3. The molecule has 0 saturated carbocycles. The Hall–Kier alpha value is -1.58. The maximum atomic E-state index is 11.9. The Bertz CT molecular complexity index is 416. The summed E-state index contributed by atoms with van der Waals surface area (Å²) < 4.78 is 0. The fourth-order valence-electron chi connectivity index (χ4n) is 1.92. The Kier molecular flexibility index (Phi) is 5.80. The molecule has 1 heterocycles. The molecule has 0 aliphatic heterocycles. The SMILES string of the molecule is CCCCCC(C)(C)CNC(=O)c1ncccc1O. The van der Waals surface area contributed by atoms with Crippen molar-refractivity contribution in [3.8, 4) is 5.75 Å². The van der Waals surface area contributed by atoms with Gasteiger partial charge in [0.1, 0.15) is 5.75 Å². The van der Waals surface area contributed by atoms with Crippen molar-refractivity contribution in [3.63, 3.8) is 0 Å². The van der Waals surface area contributed by atoms with Gasteiger partial charge in [-0.05, 0) is 24.0 Å². The average molecular weight is 264 g/mol. The molecule has 0 saturated heterocycles. The van der Waals surface area contributed by atoms with Crippen LogP contribution in [0.5, 0.6) is 5.75 Å². The molecular weight excluding hydrogens is 240 g/mol. The third kappa shape index (κ3) is 5.28. The van der Waals surface area contributed by atoms with Gasteiger partial charge in [0.05, 0.1) is 0 Å². The second kappa shape index (κ2) is 7.12. The highest BCUT2D eigenvalue weighted by molar-refractivity contribution is 5.94. The van der Waals surface area contributed by atoms with E-state index in [2.05, 4.69) is 31.1 Å². The topological polar surface area (TPSA) is 62.2 Å². The molecule has 0 spiro atoms. The Morgan fingerprint density at radius 2 is 2.16 bits per heavy atom. The number of rotatable bonds is 7. The van der Waals surface area contributed by atoms with Crippen molar-refractivity contribution in [1.82, 2.24) is 10.3 Å². The Morgan fingerprint density at radius 3 is 2.79 bits per heavy atom. The predicted octanol–water partition coefficient (Wildman–Crippen LogP) is 3.12. The van der Waals surface area contributed by atoms with Crippen molar-refractivity contribution in [3.05, 3.63) is 24.0 Å². The van der Waals surface area contributed by atoms with Gasteiger partial charge in [0.25, 0.3) is 5.91 Å². The molecule has 0 fully saturated rings. The Morgan fingerprint density at radius 1 is 1.42 bits per heavy atom. The Balaban J connectivity index is 2.47. The quantitative estimate of drug-likeness (QED) is 0.744. The number of aromatic hydroxyl groups is 1. The number of nitrogens with zero attached hydrogens (tertiary/aromatic N) is 1. The molecule has 0 aliphatic carbocycles.